The van der Waals surface area contributed by atoms with E-state index in [1.54, 1.807) is 0 Å². The van der Waals surface area contributed by atoms with E-state index in [1.165, 1.54) is 12.8 Å². The van der Waals surface area contributed by atoms with Crippen molar-refractivity contribution in [3.05, 3.63) is 30.5 Å². The van der Waals surface area contributed by atoms with Crippen LogP contribution in [0.1, 0.15) is 25.5 Å². The summed E-state index contributed by atoms with van der Waals surface area (Å²) in [7, 11) is 0. The number of rotatable bonds is 4. The molecule has 2 aromatic heterocycles. The molecule has 20 heavy (non-hydrogen) atoms. The van der Waals surface area contributed by atoms with Gasteiger partial charge < -0.3 is 5.32 Å². The van der Waals surface area contributed by atoms with Crippen molar-refractivity contribution in [3.8, 4) is 11.3 Å². The first-order chi connectivity index (χ1) is 9.85. The molecule has 0 unspecified atom stereocenters. The molecular weight excluding hydrogens is 250 g/mol. The van der Waals surface area contributed by atoms with Crippen molar-refractivity contribution >= 4 is 0 Å². The Kier molecular flexibility index (Phi) is 4.06. The van der Waals surface area contributed by atoms with Gasteiger partial charge in [-0.2, -0.15) is 5.10 Å². The summed E-state index contributed by atoms with van der Waals surface area (Å²) < 4.78 is 1.90. The predicted octanol–water partition coefficient (Wildman–Crippen LogP) is 1.90. The van der Waals surface area contributed by atoms with Crippen LogP contribution in [-0.4, -0.2) is 32.8 Å². The summed E-state index contributed by atoms with van der Waals surface area (Å²) in [5, 5.41) is 7.71. The number of aryl methyl sites for hydroxylation is 1. The predicted molar refractivity (Wildman–Crippen MR) is 78.2 cm³/mol. The molecule has 0 radical (unpaired) electrons. The first-order valence-electron chi connectivity index (χ1n) is 7.39. The summed E-state index contributed by atoms with van der Waals surface area (Å²) in [6, 6.07) is 0. The van der Waals surface area contributed by atoms with Gasteiger partial charge in [-0.3, -0.25) is 14.6 Å². The summed E-state index contributed by atoms with van der Waals surface area (Å²) in [6.07, 6.45) is 11.2. The summed E-state index contributed by atoms with van der Waals surface area (Å²) in [5.74, 6) is 0.701. The maximum atomic E-state index is 4.56. The van der Waals surface area contributed by atoms with Crippen LogP contribution in [0, 0.1) is 5.92 Å². The van der Waals surface area contributed by atoms with E-state index in [4.69, 9.17) is 0 Å². The van der Waals surface area contributed by atoms with Gasteiger partial charge in [-0.1, -0.05) is 0 Å². The standard InChI is InChI=1S/C15H21N5/c1-2-20-11-13(8-19-20)15-10-17-14(9-18-15)6-12-4-3-5-16-7-12/h8-12,16H,2-7H2,1H3/t12-/m0/s1. The van der Waals surface area contributed by atoms with E-state index in [0.717, 1.165) is 43.0 Å². The molecule has 0 amide bonds. The Labute approximate surface area is 119 Å². The van der Waals surface area contributed by atoms with E-state index >= 15 is 0 Å². The monoisotopic (exact) mass is 271 g/mol. The number of hydrogen-bond donors (Lipinski definition) is 1. The average Bonchev–Trinajstić information content (AvgIpc) is 2.98. The van der Waals surface area contributed by atoms with Crippen molar-refractivity contribution in [2.24, 2.45) is 5.92 Å². The molecule has 0 saturated carbocycles. The zero-order valence-electron chi connectivity index (χ0n) is 11.9. The van der Waals surface area contributed by atoms with Crippen molar-refractivity contribution in [1.82, 2.24) is 25.1 Å². The lowest BCUT2D eigenvalue weighted by Crippen LogP contribution is -2.31. The van der Waals surface area contributed by atoms with E-state index in [0.29, 0.717) is 5.92 Å². The van der Waals surface area contributed by atoms with Gasteiger partial charge in [0.15, 0.2) is 0 Å². The molecule has 1 atom stereocenters. The third-order valence-electron chi connectivity index (χ3n) is 3.86. The van der Waals surface area contributed by atoms with E-state index in [9.17, 15) is 0 Å². The van der Waals surface area contributed by atoms with Crippen LogP contribution in [0.3, 0.4) is 0 Å². The quantitative estimate of drug-likeness (QED) is 0.923. The van der Waals surface area contributed by atoms with Gasteiger partial charge in [-0.15, -0.1) is 0 Å². The third-order valence-corrected chi connectivity index (χ3v) is 3.86. The van der Waals surface area contributed by atoms with Crippen LogP contribution in [-0.2, 0) is 13.0 Å². The SMILES string of the molecule is CCn1cc(-c2cnc(C[C@@H]3CCCNC3)cn2)cn1. The molecular formula is C15H21N5. The van der Waals surface area contributed by atoms with Crippen molar-refractivity contribution in [2.45, 2.75) is 32.7 Å². The second kappa shape index (κ2) is 6.13. The van der Waals surface area contributed by atoms with Crippen LogP contribution in [0.5, 0.6) is 0 Å². The Morgan fingerprint density at radius 3 is 2.90 bits per heavy atom. The van der Waals surface area contributed by atoms with Crippen LogP contribution < -0.4 is 5.32 Å². The maximum Gasteiger partial charge on any atom is 0.0916 e. The third kappa shape index (κ3) is 3.04. The zero-order valence-corrected chi connectivity index (χ0v) is 11.9. The van der Waals surface area contributed by atoms with E-state index in [1.807, 2.05) is 29.5 Å². The number of nitrogens with zero attached hydrogens (tertiary/aromatic N) is 4. The summed E-state index contributed by atoms with van der Waals surface area (Å²) in [4.78, 5) is 9.08. The van der Waals surface area contributed by atoms with Crippen LogP contribution in [0.2, 0.25) is 0 Å². The molecule has 0 bridgehead atoms. The molecule has 0 aliphatic carbocycles. The summed E-state index contributed by atoms with van der Waals surface area (Å²) in [6.45, 7) is 5.21. The minimum atomic E-state index is 0.701. The molecule has 2 aromatic rings. The smallest absolute Gasteiger partial charge is 0.0916 e. The Morgan fingerprint density at radius 2 is 2.25 bits per heavy atom. The molecule has 106 valence electrons. The van der Waals surface area contributed by atoms with Gasteiger partial charge >= 0.3 is 0 Å². The summed E-state index contributed by atoms with van der Waals surface area (Å²) in [5.41, 5.74) is 3.02. The molecule has 3 rings (SSSR count). The fourth-order valence-electron chi connectivity index (χ4n) is 2.67. The second-order valence-corrected chi connectivity index (χ2v) is 5.39. The molecule has 5 nitrogen and oxygen atoms in total. The Morgan fingerprint density at radius 1 is 1.30 bits per heavy atom. The molecule has 5 heteroatoms. The summed E-state index contributed by atoms with van der Waals surface area (Å²) >= 11 is 0. The van der Waals surface area contributed by atoms with Crippen molar-refractivity contribution < 1.29 is 0 Å². The van der Waals surface area contributed by atoms with Gasteiger partial charge in [0.2, 0.25) is 0 Å². The van der Waals surface area contributed by atoms with E-state index < -0.39 is 0 Å². The maximum absolute atomic E-state index is 4.56. The number of nitrogens with one attached hydrogen (secondary N) is 1. The Balaban J connectivity index is 1.67. The van der Waals surface area contributed by atoms with Crippen LogP contribution in [0.25, 0.3) is 11.3 Å². The minimum Gasteiger partial charge on any atom is -0.316 e. The Bertz CT molecular complexity index is 540. The number of piperidine rings is 1. The molecule has 0 aromatic carbocycles. The fraction of sp³-hybridized carbons (Fsp3) is 0.533. The molecule has 1 N–H and O–H groups in total. The topological polar surface area (TPSA) is 55.6 Å². The normalized spacial score (nSPS) is 19.1. The lowest BCUT2D eigenvalue weighted by molar-refractivity contribution is 0.373. The fourth-order valence-corrected chi connectivity index (χ4v) is 2.67. The number of aromatic nitrogens is 4. The molecule has 3 heterocycles. The largest absolute Gasteiger partial charge is 0.316 e. The van der Waals surface area contributed by atoms with Gasteiger partial charge in [0.25, 0.3) is 0 Å². The van der Waals surface area contributed by atoms with Crippen molar-refractivity contribution in [2.75, 3.05) is 13.1 Å². The zero-order chi connectivity index (χ0) is 13.8. The highest BCUT2D eigenvalue weighted by atomic mass is 15.3. The van der Waals surface area contributed by atoms with Gasteiger partial charge in [-0.05, 0) is 45.2 Å². The van der Waals surface area contributed by atoms with Gasteiger partial charge in [0.1, 0.15) is 0 Å². The minimum absolute atomic E-state index is 0.701. The van der Waals surface area contributed by atoms with Gasteiger partial charge in [-0.25, -0.2) is 0 Å². The molecule has 1 aliphatic heterocycles. The van der Waals surface area contributed by atoms with Crippen molar-refractivity contribution in [1.29, 1.82) is 0 Å². The van der Waals surface area contributed by atoms with E-state index in [2.05, 4.69) is 27.3 Å². The lowest BCUT2D eigenvalue weighted by Gasteiger charge is -2.22. The lowest BCUT2D eigenvalue weighted by atomic mass is 9.95. The van der Waals surface area contributed by atoms with Crippen LogP contribution in [0.15, 0.2) is 24.8 Å². The first kappa shape index (κ1) is 13.2. The molecule has 1 fully saturated rings. The molecule has 0 spiro atoms. The highest BCUT2D eigenvalue weighted by Gasteiger charge is 2.14. The van der Waals surface area contributed by atoms with E-state index in [-0.39, 0.29) is 0 Å². The van der Waals surface area contributed by atoms with Gasteiger partial charge in [0.05, 0.1) is 23.8 Å². The number of hydrogen-bond acceptors (Lipinski definition) is 4. The van der Waals surface area contributed by atoms with Crippen LogP contribution >= 0.6 is 0 Å². The molecule has 1 aliphatic rings. The highest BCUT2D eigenvalue weighted by molar-refractivity contribution is 5.55. The second-order valence-electron chi connectivity index (χ2n) is 5.39. The van der Waals surface area contributed by atoms with Crippen molar-refractivity contribution in [3.63, 3.8) is 0 Å². The highest BCUT2D eigenvalue weighted by Crippen LogP contribution is 2.17. The molecule has 1 saturated heterocycles. The van der Waals surface area contributed by atoms with Crippen LogP contribution in [0.4, 0.5) is 0 Å². The first-order valence-corrected chi connectivity index (χ1v) is 7.39. The average molecular weight is 271 g/mol. The Hall–Kier alpha value is -1.75. The van der Waals surface area contributed by atoms with Gasteiger partial charge in [0, 0.05) is 24.5 Å².